The summed E-state index contributed by atoms with van der Waals surface area (Å²) < 4.78 is 28.7. The van der Waals surface area contributed by atoms with E-state index < -0.39 is 23.7 Å². The third-order valence-corrected chi connectivity index (χ3v) is 5.75. The molecule has 0 unspecified atom stereocenters. The maximum Gasteiger partial charge on any atom is 0.319 e. The van der Waals surface area contributed by atoms with Crippen molar-refractivity contribution in [3.8, 4) is 11.1 Å². The van der Waals surface area contributed by atoms with Gasteiger partial charge in [-0.05, 0) is 48.9 Å². The number of carbonyl (C=O) groups excluding carboxylic acids is 1. The number of rotatable bonds is 3. The number of amides is 2. The first-order valence-electron chi connectivity index (χ1n) is 10.1. The number of halogens is 3. The second-order valence-corrected chi connectivity index (χ2v) is 8.25. The Hall–Kier alpha value is -3.33. The third kappa shape index (κ3) is 4.62. The summed E-state index contributed by atoms with van der Waals surface area (Å²) in [6, 6.07) is 4.07. The molecule has 1 aromatic carbocycles. The van der Waals surface area contributed by atoms with Gasteiger partial charge in [-0.2, -0.15) is 5.10 Å². The second kappa shape index (κ2) is 9.04. The summed E-state index contributed by atoms with van der Waals surface area (Å²) in [5.41, 5.74) is 1.16. The maximum atomic E-state index is 14.7. The number of carbonyl (C=O) groups is 1. The molecule has 32 heavy (non-hydrogen) atoms. The Morgan fingerprint density at radius 3 is 2.78 bits per heavy atom. The highest BCUT2D eigenvalue weighted by Gasteiger charge is 2.26. The fourth-order valence-corrected chi connectivity index (χ4v) is 4.15. The predicted octanol–water partition coefficient (Wildman–Crippen LogP) is 4.60. The van der Waals surface area contributed by atoms with Gasteiger partial charge < -0.3 is 10.6 Å². The van der Waals surface area contributed by atoms with E-state index >= 15 is 0 Å². The van der Waals surface area contributed by atoms with Crippen molar-refractivity contribution in [1.82, 2.24) is 20.5 Å². The van der Waals surface area contributed by atoms with Crippen LogP contribution < -0.4 is 16.2 Å². The molecule has 0 saturated heterocycles. The molecule has 2 amide bonds. The van der Waals surface area contributed by atoms with Gasteiger partial charge in [-0.3, -0.25) is 9.78 Å². The number of anilines is 1. The minimum Gasteiger partial charge on any atom is -0.329 e. The molecular formula is C22H20ClF2N5O2. The average Bonchev–Trinajstić information content (AvgIpc) is 2.89. The van der Waals surface area contributed by atoms with E-state index in [9.17, 15) is 18.4 Å². The van der Waals surface area contributed by atoms with Crippen molar-refractivity contribution in [2.45, 2.75) is 32.2 Å². The number of urea groups is 1. The molecule has 0 bridgehead atoms. The fourth-order valence-electron chi connectivity index (χ4n) is 3.88. The Kier molecular flexibility index (Phi) is 6.18. The van der Waals surface area contributed by atoms with Crippen LogP contribution in [0, 0.1) is 17.6 Å². The number of fused-ring (bicyclic) bond motifs is 1. The van der Waals surface area contributed by atoms with Gasteiger partial charge in [0.05, 0.1) is 28.6 Å². The number of pyridine rings is 1. The van der Waals surface area contributed by atoms with Crippen LogP contribution in [-0.2, 0) is 6.42 Å². The molecule has 0 saturated carbocycles. The number of hydrogen-bond donors (Lipinski definition) is 3. The van der Waals surface area contributed by atoms with Crippen molar-refractivity contribution >= 4 is 23.3 Å². The molecule has 1 aliphatic rings. The van der Waals surface area contributed by atoms with Crippen LogP contribution in [0.3, 0.4) is 0 Å². The lowest BCUT2D eigenvalue weighted by Crippen LogP contribution is -2.34. The van der Waals surface area contributed by atoms with Gasteiger partial charge in [0, 0.05) is 23.4 Å². The molecule has 0 radical (unpaired) electrons. The molecule has 10 heteroatoms. The molecule has 166 valence electrons. The van der Waals surface area contributed by atoms with Crippen molar-refractivity contribution in [3.05, 3.63) is 74.9 Å². The number of aromatic nitrogens is 3. The van der Waals surface area contributed by atoms with Gasteiger partial charge in [0.25, 0.3) is 5.56 Å². The molecular weight excluding hydrogens is 440 g/mol. The maximum absolute atomic E-state index is 14.7. The van der Waals surface area contributed by atoms with E-state index in [1.54, 1.807) is 0 Å². The standard InChI is InChI=1S/C22H20ClF2N5O2/c1-11-2-3-18(21-12(6-11)7-20(31)29-30-21)27-22(32)28-19-9-15(23)14(8-16(19)24)13-4-5-26-10-17(13)25/h4-5,7-11,18H,2-3,6H2,1H3,(H,29,31)(H2,27,28,32)/t11-,18+/m0/s1. The van der Waals surface area contributed by atoms with Crippen LogP contribution in [0.25, 0.3) is 11.1 Å². The highest BCUT2D eigenvalue weighted by Crippen LogP contribution is 2.34. The first-order chi connectivity index (χ1) is 15.3. The molecule has 3 N–H and O–H groups in total. The Bertz CT molecular complexity index is 1230. The van der Waals surface area contributed by atoms with E-state index in [1.165, 1.54) is 24.4 Å². The summed E-state index contributed by atoms with van der Waals surface area (Å²) in [5.74, 6) is -1.09. The summed E-state index contributed by atoms with van der Waals surface area (Å²) in [7, 11) is 0. The quantitative estimate of drug-likeness (QED) is 0.498. The zero-order chi connectivity index (χ0) is 22.8. The van der Waals surface area contributed by atoms with Crippen molar-refractivity contribution in [1.29, 1.82) is 0 Å². The predicted molar refractivity (Wildman–Crippen MR) is 116 cm³/mol. The topological polar surface area (TPSA) is 99.8 Å². The summed E-state index contributed by atoms with van der Waals surface area (Å²) >= 11 is 6.23. The Balaban J connectivity index is 1.54. The monoisotopic (exact) mass is 459 g/mol. The van der Waals surface area contributed by atoms with Crippen LogP contribution in [-0.4, -0.2) is 21.2 Å². The molecule has 0 aliphatic heterocycles. The SMILES string of the molecule is C[C@H]1CC[C@@H](NC(=O)Nc2cc(Cl)c(-c3ccncc3F)cc2F)c2n[nH]c(=O)cc2C1. The summed E-state index contributed by atoms with van der Waals surface area (Å²) in [6.45, 7) is 2.07. The van der Waals surface area contributed by atoms with Crippen LogP contribution in [0.1, 0.15) is 37.1 Å². The smallest absolute Gasteiger partial charge is 0.319 e. The van der Waals surface area contributed by atoms with Gasteiger partial charge in [0.1, 0.15) is 11.6 Å². The number of benzene rings is 1. The Morgan fingerprint density at radius 1 is 1.19 bits per heavy atom. The molecule has 2 heterocycles. The molecule has 7 nitrogen and oxygen atoms in total. The van der Waals surface area contributed by atoms with Crippen LogP contribution >= 0.6 is 11.6 Å². The first-order valence-corrected chi connectivity index (χ1v) is 10.4. The molecule has 1 aliphatic carbocycles. The largest absolute Gasteiger partial charge is 0.329 e. The molecule has 2 aromatic heterocycles. The van der Waals surface area contributed by atoms with E-state index in [-0.39, 0.29) is 27.4 Å². The van der Waals surface area contributed by atoms with Gasteiger partial charge in [-0.25, -0.2) is 18.7 Å². The number of nitrogens with zero attached hydrogens (tertiary/aromatic N) is 2. The average molecular weight is 460 g/mol. The second-order valence-electron chi connectivity index (χ2n) is 7.85. The number of aromatic amines is 1. The molecule has 0 fully saturated rings. The van der Waals surface area contributed by atoms with Gasteiger partial charge in [0.15, 0.2) is 0 Å². The minimum atomic E-state index is -0.770. The molecule has 3 aromatic rings. The fraction of sp³-hybridized carbons (Fsp3) is 0.273. The van der Waals surface area contributed by atoms with Gasteiger partial charge >= 0.3 is 6.03 Å². The lowest BCUT2D eigenvalue weighted by atomic mass is 10.0. The minimum absolute atomic E-state index is 0.0691. The van der Waals surface area contributed by atoms with E-state index in [1.807, 2.05) is 0 Å². The normalized spacial score (nSPS) is 17.9. The summed E-state index contributed by atoms with van der Waals surface area (Å²) in [4.78, 5) is 27.9. The zero-order valence-corrected chi connectivity index (χ0v) is 17.8. The van der Waals surface area contributed by atoms with Crippen LogP contribution in [0.5, 0.6) is 0 Å². The van der Waals surface area contributed by atoms with Gasteiger partial charge in [-0.1, -0.05) is 18.5 Å². The van der Waals surface area contributed by atoms with E-state index in [0.717, 1.165) is 24.2 Å². The van der Waals surface area contributed by atoms with Crippen LogP contribution in [0.2, 0.25) is 5.02 Å². The lowest BCUT2D eigenvalue weighted by molar-refractivity contribution is 0.247. The van der Waals surface area contributed by atoms with Crippen LogP contribution in [0.15, 0.2) is 41.5 Å². The van der Waals surface area contributed by atoms with Gasteiger partial charge in [0.2, 0.25) is 0 Å². The molecule has 0 spiro atoms. The highest BCUT2D eigenvalue weighted by atomic mass is 35.5. The van der Waals surface area contributed by atoms with E-state index in [0.29, 0.717) is 24.5 Å². The lowest BCUT2D eigenvalue weighted by Gasteiger charge is -2.19. The van der Waals surface area contributed by atoms with Gasteiger partial charge in [-0.15, -0.1) is 0 Å². The highest BCUT2D eigenvalue weighted by molar-refractivity contribution is 6.33. The number of hydrogen-bond acceptors (Lipinski definition) is 4. The molecule has 4 rings (SSSR count). The van der Waals surface area contributed by atoms with Crippen molar-refractivity contribution in [2.75, 3.05) is 5.32 Å². The summed E-state index contributed by atoms with van der Waals surface area (Å²) in [5, 5.41) is 11.8. The van der Waals surface area contributed by atoms with Crippen molar-refractivity contribution < 1.29 is 13.6 Å². The Morgan fingerprint density at radius 2 is 2.00 bits per heavy atom. The first kappa shape index (κ1) is 21.9. The number of nitrogens with one attached hydrogen (secondary N) is 3. The van der Waals surface area contributed by atoms with Crippen LogP contribution in [0.4, 0.5) is 19.3 Å². The molecule has 2 atom stereocenters. The number of H-pyrrole nitrogens is 1. The van der Waals surface area contributed by atoms with Crippen molar-refractivity contribution in [3.63, 3.8) is 0 Å². The van der Waals surface area contributed by atoms with Crippen molar-refractivity contribution in [2.24, 2.45) is 5.92 Å². The third-order valence-electron chi connectivity index (χ3n) is 5.44. The van der Waals surface area contributed by atoms with E-state index in [4.69, 9.17) is 11.6 Å². The summed E-state index contributed by atoms with van der Waals surface area (Å²) in [6.07, 6.45) is 4.50. The van der Waals surface area contributed by atoms with E-state index in [2.05, 4.69) is 32.7 Å². The zero-order valence-electron chi connectivity index (χ0n) is 17.1. The Labute approximate surface area is 187 Å².